The third kappa shape index (κ3) is 2.76. The molecule has 0 aliphatic carbocycles. The number of nitro groups is 1. The van der Waals surface area contributed by atoms with Crippen LogP contribution in [0.15, 0.2) is 30.6 Å². The van der Waals surface area contributed by atoms with Crippen molar-refractivity contribution in [3.8, 4) is 17.2 Å². The van der Waals surface area contributed by atoms with Crippen molar-refractivity contribution in [1.29, 1.82) is 5.26 Å². The van der Waals surface area contributed by atoms with Crippen molar-refractivity contribution in [2.75, 3.05) is 6.61 Å². The van der Waals surface area contributed by atoms with Crippen LogP contribution in [-0.2, 0) is 4.74 Å². The number of nitrogens with zero attached hydrogens (tertiary/aromatic N) is 6. The predicted molar refractivity (Wildman–Crippen MR) is 91.0 cm³/mol. The summed E-state index contributed by atoms with van der Waals surface area (Å²) < 4.78 is 7.48. The second-order valence-electron chi connectivity index (χ2n) is 6.04. The normalized spacial score (nSPS) is 17.1. The van der Waals surface area contributed by atoms with Gasteiger partial charge in [-0.1, -0.05) is 0 Å². The van der Waals surface area contributed by atoms with Gasteiger partial charge in [0, 0.05) is 18.2 Å². The lowest BCUT2D eigenvalue weighted by molar-refractivity contribution is -0.383. The number of benzene rings is 1. The van der Waals surface area contributed by atoms with Crippen LogP contribution in [0.5, 0.6) is 0 Å². The molecule has 130 valence electrons. The first-order valence-electron chi connectivity index (χ1n) is 8.18. The molecule has 9 nitrogen and oxygen atoms in total. The molecule has 0 saturated carbocycles. The lowest BCUT2D eigenvalue weighted by Gasteiger charge is -2.23. The van der Waals surface area contributed by atoms with Gasteiger partial charge in [0.05, 0.1) is 28.2 Å². The lowest BCUT2D eigenvalue weighted by Crippen LogP contribution is -2.19. The molecule has 9 heteroatoms. The Kier molecular flexibility index (Phi) is 4.02. The van der Waals surface area contributed by atoms with Gasteiger partial charge in [0.2, 0.25) is 0 Å². The summed E-state index contributed by atoms with van der Waals surface area (Å²) in [4.78, 5) is 11.1. The molecule has 26 heavy (non-hydrogen) atoms. The van der Waals surface area contributed by atoms with Crippen LogP contribution < -0.4 is 0 Å². The number of aromatic nitrogens is 4. The Labute approximate surface area is 148 Å². The fourth-order valence-electron chi connectivity index (χ4n) is 3.17. The van der Waals surface area contributed by atoms with E-state index in [0.717, 1.165) is 19.3 Å². The van der Waals surface area contributed by atoms with Gasteiger partial charge >= 0.3 is 0 Å². The summed E-state index contributed by atoms with van der Waals surface area (Å²) in [7, 11) is 0. The Morgan fingerprint density at radius 2 is 2.15 bits per heavy atom. The number of fused-ring (bicyclic) bond motifs is 1. The van der Waals surface area contributed by atoms with Gasteiger partial charge in [0.1, 0.15) is 6.07 Å². The zero-order chi connectivity index (χ0) is 18.1. The molecule has 1 atom stereocenters. The molecule has 1 unspecified atom stereocenters. The van der Waals surface area contributed by atoms with E-state index < -0.39 is 4.92 Å². The number of rotatable bonds is 3. The first kappa shape index (κ1) is 16.1. The second-order valence-corrected chi connectivity index (χ2v) is 6.04. The highest BCUT2D eigenvalue weighted by Crippen LogP contribution is 2.35. The van der Waals surface area contributed by atoms with E-state index in [1.807, 2.05) is 12.1 Å². The summed E-state index contributed by atoms with van der Waals surface area (Å²) in [5.41, 5.74) is 1.88. The second kappa shape index (κ2) is 6.50. The Bertz CT molecular complexity index is 1030. The SMILES string of the molecule is N#Cc1cc(-c2cc([N+](=O)[O-])c3cnn(C4CCCCO4)c3c2)cnn1. The van der Waals surface area contributed by atoms with Crippen molar-refractivity contribution in [1.82, 2.24) is 20.0 Å². The number of ether oxygens (including phenoxy) is 1. The van der Waals surface area contributed by atoms with E-state index in [1.54, 1.807) is 10.7 Å². The van der Waals surface area contributed by atoms with E-state index in [2.05, 4.69) is 15.3 Å². The molecule has 3 heterocycles. The summed E-state index contributed by atoms with van der Waals surface area (Å²) in [5, 5.41) is 32.9. The van der Waals surface area contributed by atoms with Gasteiger partial charge < -0.3 is 4.74 Å². The first-order chi connectivity index (χ1) is 12.7. The molecule has 1 aliphatic heterocycles. The quantitative estimate of drug-likeness (QED) is 0.526. The molecular weight excluding hydrogens is 336 g/mol. The standard InChI is InChI=1S/C17H14N6O3/c18-8-13-5-12(9-19-21-13)11-6-15-14(16(7-11)23(24)25)10-20-22(15)17-3-1-2-4-26-17/h5-7,9-10,17H,1-4H2. The van der Waals surface area contributed by atoms with Crippen molar-refractivity contribution < 1.29 is 9.66 Å². The number of nitro benzene ring substituents is 1. The monoisotopic (exact) mass is 350 g/mol. The van der Waals surface area contributed by atoms with E-state index in [4.69, 9.17) is 10.00 Å². The average molecular weight is 350 g/mol. The highest BCUT2D eigenvalue weighted by atomic mass is 16.6. The Morgan fingerprint density at radius 3 is 2.88 bits per heavy atom. The van der Waals surface area contributed by atoms with Crippen LogP contribution in [0.1, 0.15) is 31.2 Å². The molecule has 1 aromatic carbocycles. The fraction of sp³-hybridized carbons (Fsp3) is 0.294. The van der Waals surface area contributed by atoms with Gasteiger partial charge in [-0.15, -0.1) is 5.10 Å². The molecule has 2 aromatic heterocycles. The average Bonchev–Trinajstić information content (AvgIpc) is 3.11. The van der Waals surface area contributed by atoms with Gasteiger partial charge in [-0.2, -0.15) is 15.5 Å². The minimum absolute atomic E-state index is 0.0464. The largest absolute Gasteiger partial charge is 0.356 e. The molecule has 0 bridgehead atoms. The minimum atomic E-state index is -0.431. The van der Waals surface area contributed by atoms with Crippen LogP contribution in [0, 0.1) is 21.4 Å². The summed E-state index contributed by atoms with van der Waals surface area (Å²) >= 11 is 0. The Balaban J connectivity index is 1.91. The Hall–Kier alpha value is -3.38. The molecule has 4 rings (SSSR count). The van der Waals surface area contributed by atoms with Crippen molar-refractivity contribution >= 4 is 16.6 Å². The topological polar surface area (TPSA) is 120 Å². The summed E-state index contributed by atoms with van der Waals surface area (Å²) in [5.74, 6) is 0. The van der Waals surface area contributed by atoms with Crippen LogP contribution >= 0.6 is 0 Å². The van der Waals surface area contributed by atoms with Crippen LogP contribution in [0.3, 0.4) is 0 Å². The molecule has 3 aromatic rings. The molecular formula is C17H14N6O3. The van der Waals surface area contributed by atoms with Crippen molar-refractivity contribution in [2.24, 2.45) is 0 Å². The van der Waals surface area contributed by atoms with Gasteiger partial charge in [-0.3, -0.25) is 10.1 Å². The molecule has 0 radical (unpaired) electrons. The molecule has 0 amide bonds. The summed E-state index contributed by atoms with van der Waals surface area (Å²) in [6.45, 7) is 0.646. The van der Waals surface area contributed by atoms with E-state index in [0.29, 0.717) is 28.6 Å². The van der Waals surface area contributed by atoms with Gasteiger partial charge in [-0.05, 0) is 37.0 Å². The van der Waals surface area contributed by atoms with Gasteiger partial charge in [0.25, 0.3) is 5.69 Å². The number of hydrogen-bond donors (Lipinski definition) is 0. The van der Waals surface area contributed by atoms with Gasteiger partial charge in [-0.25, -0.2) is 4.68 Å². The predicted octanol–water partition coefficient (Wildman–Crippen LogP) is 2.97. The number of nitriles is 1. The number of hydrogen-bond acceptors (Lipinski definition) is 7. The zero-order valence-corrected chi connectivity index (χ0v) is 13.7. The van der Waals surface area contributed by atoms with Crippen molar-refractivity contribution in [2.45, 2.75) is 25.5 Å². The highest BCUT2D eigenvalue weighted by molar-refractivity contribution is 5.92. The molecule has 0 spiro atoms. The van der Waals surface area contributed by atoms with Crippen molar-refractivity contribution in [3.05, 3.63) is 46.4 Å². The smallest absolute Gasteiger partial charge is 0.281 e. The van der Waals surface area contributed by atoms with E-state index in [1.165, 1.54) is 18.5 Å². The maximum Gasteiger partial charge on any atom is 0.281 e. The van der Waals surface area contributed by atoms with Crippen LogP contribution in [-0.4, -0.2) is 31.5 Å². The van der Waals surface area contributed by atoms with E-state index in [9.17, 15) is 10.1 Å². The maximum atomic E-state index is 11.6. The Morgan fingerprint density at radius 1 is 1.27 bits per heavy atom. The molecule has 1 fully saturated rings. The van der Waals surface area contributed by atoms with Crippen LogP contribution in [0.2, 0.25) is 0 Å². The van der Waals surface area contributed by atoms with Crippen LogP contribution in [0.4, 0.5) is 5.69 Å². The summed E-state index contributed by atoms with van der Waals surface area (Å²) in [6.07, 6.45) is 5.57. The first-order valence-corrected chi connectivity index (χ1v) is 8.18. The lowest BCUT2D eigenvalue weighted by atomic mass is 10.0. The zero-order valence-electron chi connectivity index (χ0n) is 13.7. The molecule has 1 saturated heterocycles. The maximum absolute atomic E-state index is 11.6. The number of non-ortho nitro benzene ring substituents is 1. The highest BCUT2D eigenvalue weighted by Gasteiger charge is 2.23. The summed E-state index contributed by atoms with van der Waals surface area (Å²) in [6, 6.07) is 6.75. The van der Waals surface area contributed by atoms with Crippen LogP contribution in [0.25, 0.3) is 22.0 Å². The molecule has 0 N–H and O–H groups in total. The molecule has 1 aliphatic rings. The third-order valence-electron chi connectivity index (χ3n) is 4.42. The fourth-order valence-corrected chi connectivity index (χ4v) is 3.17. The minimum Gasteiger partial charge on any atom is -0.356 e. The van der Waals surface area contributed by atoms with E-state index in [-0.39, 0.29) is 17.6 Å². The third-order valence-corrected chi connectivity index (χ3v) is 4.42. The van der Waals surface area contributed by atoms with Crippen molar-refractivity contribution in [3.63, 3.8) is 0 Å². The van der Waals surface area contributed by atoms with Gasteiger partial charge in [0.15, 0.2) is 11.9 Å². The van der Waals surface area contributed by atoms with E-state index >= 15 is 0 Å².